The Labute approximate surface area is 145 Å². The van der Waals surface area contributed by atoms with Crippen LogP contribution in [-0.4, -0.2) is 16.3 Å². The molecule has 0 fully saturated rings. The second kappa shape index (κ2) is 17.3. The van der Waals surface area contributed by atoms with Gasteiger partial charge in [-0.3, -0.25) is 4.79 Å². The van der Waals surface area contributed by atoms with Crippen molar-refractivity contribution in [1.82, 2.24) is 0 Å². The number of aliphatic carboxylic acids is 1. The molecule has 2 N–H and O–H groups in total. The van der Waals surface area contributed by atoms with E-state index in [4.69, 9.17) is 10.4 Å². The van der Waals surface area contributed by atoms with Gasteiger partial charge in [0.1, 0.15) is 5.76 Å². The molecule has 0 saturated carbocycles. The minimum absolute atomic E-state index is 0.220. The Morgan fingerprint density at radius 1 is 0.917 bits per heavy atom. The number of carboxylic acid groups (broad SMARTS) is 1. The summed E-state index contributed by atoms with van der Waals surface area (Å²) < 4.78 is 0. The predicted octanol–water partition coefficient (Wildman–Crippen LogP) is 5.81. The van der Waals surface area contributed by atoms with Crippen LogP contribution in [0.2, 0.25) is 0 Å². The summed E-state index contributed by atoms with van der Waals surface area (Å²) in [5, 5.41) is 17.3. The molecule has 0 aromatic rings. The molecule has 0 aliphatic carbocycles. The number of rotatable bonds is 14. The van der Waals surface area contributed by atoms with E-state index in [-0.39, 0.29) is 6.42 Å². The zero-order chi connectivity index (χ0) is 17.9. The van der Waals surface area contributed by atoms with Crippen molar-refractivity contribution in [2.45, 2.75) is 58.3 Å². The first-order valence-electron chi connectivity index (χ1n) is 8.52. The highest BCUT2D eigenvalue weighted by atomic mass is 17.1. The fourth-order valence-electron chi connectivity index (χ4n) is 1.85. The Balaban J connectivity index is 3.85. The minimum Gasteiger partial charge on any atom is -0.481 e. The van der Waals surface area contributed by atoms with Gasteiger partial charge in [0.2, 0.25) is 0 Å². The number of carbonyl (C=O) groups is 1. The molecule has 0 aliphatic heterocycles. The Bertz CT molecular complexity index is 456. The van der Waals surface area contributed by atoms with Crippen LogP contribution in [0.3, 0.4) is 0 Å². The van der Waals surface area contributed by atoms with Gasteiger partial charge in [0, 0.05) is 12.8 Å². The summed E-state index contributed by atoms with van der Waals surface area (Å²) in [6.07, 6.45) is 23.9. The lowest BCUT2D eigenvalue weighted by Gasteiger charge is -1.98. The fraction of sp³-hybridized carbons (Fsp3) is 0.450. The maximum Gasteiger partial charge on any atom is 0.303 e. The van der Waals surface area contributed by atoms with Gasteiger partial charge < -0.3 is 9.99 Å². The van der Waals surface area contributed by atoms with Gasteiger partial charge in [-0.1, -0.05) is 55.5 Å². The van der Waals surface area contributed by atoms with Gasteiger partial charge in [0.15, 0.2) is 0 Å². The van der Waals surface area contributed by atoms with Crippen molar-refractivity contribution < 1.29 is 20.0 Å². The normalized spacial score (nSPS) is 13.0. The molecule has 0 spiro atoms. The van der Waals surface area contributed by atoms with Gasteiger partial charge in [0.05, 0.1) is 0 Å². The molecule has 0 aliphatic rings. The molecule has 0 unspecified atom stereocenters. The summed E-state index contributed by atoms with van der Waals surface area (Å²) in [6.45, 7) is 2.10. The van der Waals surface area contributed by atoms with Crippen LogP contribution in [0, 0.1) is 0 Å². The molecule has 0 amide bonds. The van der Waals surface area contributed by atoms with Crippen molar-refractivity contribution in [1.29, 1.82) is 0 Å². The second-order valence-corrected chi connectivity index (χ2v) is 5.25. The SMILES string of the molecule is CC/C=C/C/C=C/C/C(=C/C/C=C/C/C=C/CCCC(=O)O)OO. The summed E-state index contributed by atoms with van der Waals surface area (Å²) in [4.78, 5) is 14.7. The van der Waals surface area contributed by atoms with E-state index in [1.54, 1.807) is 0 Å². The van der Waals surface area contributed by atoms with Crippen LogP contribution in [0.1, 0.15) is 58.3 Å². The summed E-state index contributed by atoms with van der Waals surface area (Å²) in [7, 11) is 0. The van der Waals surface area contributed by atoms with Crippen LogP contribution >= 0.6 is 0 Å². The Kier molecular flexibility index (Phi) is 15.8. The maximum atomic E-state index is 10.3. The molecule has 134 valence electrons. The molecule has 0 bridgehead atoms. The molecule has 0 aromatic heterocycles. The number of unbranched alkanes of at least 4 members (excludes halogenated alkanes) is 1. The standard InChI is InChI=1S/C20H30O4/c1-2-3-4-5-10-13-16-19(24-23)17-14-11-8-6-7-9-12-15-18-20(21)22/h3-4,7-11,13,17,23H,2,5-6,12,14-16,18H2,1H3,(H,21,22)/b4-3+,9-7+,11-8+,13-10+,19-17-. The molecule has 4 nitrogen and oxygen atoms in total. The average molecular weight is 334 g/mol. The largest absolute Gasteiger partial charge is 0.481 e. The molecule has 4 heteroatoms. The van der Waals surface area contributed by atoms with Crippen molar-refractivity contribution in [3.05, 3.63) is 60.4 Å². The summed E-state index contributed by atoms with van der Waals surface area (Å²) in [5.41, 5.74) is 0. The van der Waals surface area contributed by atoms with Crippen molar-refractivity contribution in [2.24, 2.45) is 0 Å². The van der Waals surface area contributed by atoms with Crippen LogP contribution in [-0.2, 0) is 9.68 Å². The van der Waals surface area contributed by atoms with Crippen LogP contribution in [0.25, 0.3) is 0 Å². The van der Waals surface area contributed by atoms with Crippen LogP contribution in [0.4, 0.5) is 0 Å². The van der Waals surface area contributed by atoms with Gasteiger partial charge in [0.25, 0.3) is 0 Å². The van der Waals surface area contributed by atoms with Gasteiger partial charge >= 0.3 is 5.97 Å². The highest BCUT2D eigenvalue weighted by molar-refractivity contribution is 5.66. The Hall–Kier alpha value is -2.07. The maximum absolute atomic E-state index is 10.3. The molecule has 0 heterocycles. The van der Waals surface area contributed by atoms with Gasteiger partial charge in [-0.05, 0) is 44.6 Å². The zero-order valence-electron chi connectivity index (χ0n) is 14.6. The summed E-state index contributed by atoms with van der Waals surface area (Å²) >= 11 is 0. The topological polar surface area (TPSA) is 66.8 Å². The lowest BCUT2D eigenvalue weighted by Crippen LogP contribution is -1.92. The first-order chi connectivity index (χ1) is 11.7. The van der Waals surface area contributed by atoms with E-state index in [0.717, 1.165) is 25.7 Å². The Morgan fingerprint density at radius 2 is 1.54 bits per heavy atom. The van der Waals surface area contributed by atoms with Gasteiger partial charge in [-0.2, -0.15) is 0 Å². The van der Waals surface area contributed by atoms with E-state index in [1.165, 1.54) is 0 Å². The van der Waals surface area contributed by atoms with Crippen molar-refractivity contribution in [3.63, 3.8) is 0 Å². The van der Waals surface area contributed by atoms with Crippen LogP contribution < -0.4 is 0 Å². The smallest absolute Gasteiger partial charge is 0.303 e. The first kappa shape index (κ1) is 21.9. The van der Waals surface area contributed by atoms with E-state index in [0.29, 0.717) is 25.0 Å². The van der Waals surface area contributed by atoms with E-state index in [2.05, 4.69) is 24.0 Å². The third-order valence-corrected chi connectivity index (χ3v) is 3.13. The van der Waals surface area contributed by atoms with E-state index in [1.807, 2.05) is 42.5 Å². The van der Waals surface area contributed by atoms with Crippen molar-refractivity contribution >= 4 is 5.97 Å². The molecule has 0 saturated heterocycles. The van der Waals surface area contributed by atoms with E-state index >= 15 is 0 Å². The fourth-order valence-corrected chi connectivity index (χ4v) is 1.85. The zero-order valence-corrected chi connectivity index (χ0v) is 14.6. The quantitative estimate of drug-likeness (QED) is 0.138. The number of allylic oxidation sites excluding steroid dienone is 9. The number of hydrogen-bond donors (Lipinski definition) is 2. The lowest BCUT2D eigenvalue weighted by atomic mass is 10.2. The second-order valence-electron chi connectivity index (χ2n) is 5.25. The molecule has 0 radical (unpaired) electrons. The molecule has 0 aromatic carbocycles. The van der Waals surface area contributed by atoms with Gasteiger partial charge in [-0.15, -0.1) is 0 Å². The van der Waals surface area contributed by atoms with Crippen molar-refractivity contribution in [3.8, 4) is 0 Å². The monoisotopic (exact) mass is 334 g/mol. The van der Waals surface area contributed by atoms with Crippen LogP contribution in [0.15, 0.2) is 60.4 Å². The third kappa shape index (κ3) is 16.3. The molecule has 24 heavy (non-hydrogen) atoms. The third-order valence-electron chi connectivity index (χ3n) is 3.13. The average Bonchev–Trinajstić information content (AvgIpc) is 2.57. The van der Waals surface area contributed by atoms with E-state index in [9.17, 15) is 4.79 Å². The van der Waals surface area contributed by atoms with E-state index < -0.39 is 5.97 Å². The van der Waals surface area contributed by atoms with Crippen LogP contribution in [0.5, 0.6) is 0 Å². The molecular formula is C20H30O4. The molecule has 0 rings (SSSR count). The molecular weight excluding hydrogens is 304 g/mol. The molecule has 0 atom stereocenters. The predicted molar refractivity (Wildman–Crippen MR) is 98.6 cm³/mol. The number of carboxylic acids is 1. The highest BCUT2D eigenvalue weighted by Gasteiger charge is 1.93. The first-order valence-corrected chi connectivity index (χ1v) is 8.52. The minimum atomic E-state index is -0.746. The summed E-state index contributed by atoms with van der Waals surface area (Å²) in [5.74, 6) is -0.205. The summed E-state index contributed by atoms with van der Waals surface area (Å²) in [6, 6.07) is 0. The Morgan fingerprint density at radius 3 is 2.21 bits per heavy atom. The highest BCUT2D eigenvalue weighted by Crippen LogP contribution is 2.06. The lowest BCUT2D eigenvalue weighted by molar-refractivity contribution is -0.204. The van der Waals surface area contributed by atoms with Gasteiger partial charge in [-0.25, -0.2) is 5.26 Å². The van der Waals surface area contributed by atoms with Crippen molar-refractivity contribution in [2.75, 3.05) is 0 Å². The number of hydrogen-bond acceptors (Lipinski definition) is 3.